The van der Waals surface area contributed by atoms with Crippen molar-refractivity contribution in [1.82, 2.24) is 9.97 Å². The Labute approximate surface area is 106 Å². The lowest BCUT2D eigenvalue weighted by Gasteiger charge is -2.28. The SMILES string of the molecule is Cc1cnc(C)c(N(C)C2COCC2C(=O)O)n1. The fourth-order valence-electron chi connectivity index (χ4n) is 2.18. The number of hydrogen-bond acceptors (Lipinski definition) is 5. The van der Waals surface area contributed by atoms with E-state index in [2.05, 4.69) is 9.97 Å². The molecule has 6 nitrogen and oxygen atoms in total. The van der Waals surface area contributed by atoms with Gasteiger partial charge < -0.3 is 14.7 Å². The zero-order valence-corrected chi connectivity index (χ0v) is 10.8. The number of anilines is 1. The molecule has 2 atom stereocenters. The van der Waals surface area contributed by atoms with E-state index in [9.17, 15) is 4.79 Å². The Balaban J connectivity index is 2.27. The third-order valence-corrected chi connectivity index (χ3v) is 3.25. The molecular weight excluding hydrogens is 234 g/mol. The monoisotopic (exact) mass is 251 g/mol. The van der Waals surface area contributed by atoms with Crippen LogP contribution in [-0.4, -0.2) is 47.3 Å². The molecule has 1 fully saturated rings. The number of hydrogen-bond donors (Lipinski definition) is 1. The summed E-state index contributed by atoms with van der Waals surface area (Å²) in [5.41, 5.74) is 1.60. The fourth-order valence-corrected chi connectivity index (χ4v) is 2.18. The fraction of sp³-hybridized carbons (Fsp3) is 0.583. The van der Waals surface area contributed by atoms with E-state index < -0.39 is 11.9 Å². The van der Waals surface area contributed by atoms with Crippen molar-refractivity contribution in [2.24, 2.45) is 5.92 Å². The first kappa shape index (κ1) is 12.8. The lowest BCUT2D eigenvalue weighted by Crippen LogP contribution is -2.41. The first-order chi connectivity index (χ1) is 8.50. The first-order valence-electron chi connectivity index (χ1n) is 5.84. The highest BCUT2D eigenvalue weighted by Gasteiger charge is 2.37. The Hall–Kier alpha value is -1.69. The van der Waals surface area contributed by atoms with Crippen LogP contribution in [0.2, 0.25) is 0 Å². The summed E-state index contributed by atoms with van der Waals surface area (Å²) in [4.78, 5) is 21.7. The molecule has 1 aromatic rings. The van der Waals surface area contributed by atoms with Crippen molar-refractivity contribution in [2.75, 3.05) is 25.2 Å². The Bertz CT molecular complexity index is 464. The largest absolute Gasteiger partial charge is 0.481 e. The van der Waals surface area contributed by atoms with Gasteiger partial charge in [-0.25, -0.2) is 4.98 Å². The lowest BCUT2D eigenvalue weighted by atomic mass is 10.0. The number of carboxylic acid groups (broad SMARTS) is 1. The summed E-state index contributed by atoms with van der Waals surface area (Å²) in [7, 11) is 1.84. The number of carbonyl (C=O) groups is 1. The summed E-state index contributed by atoms with van der Waals surface area (Å²) >= 11 is 0. The maximum absolute atomic E-state index is 11.2. The zero-order chi connectivity index (χ0) is 13.3. The molecule has 0 amide bonds. The van der Waals surface area contributed by atoms with Crippen molar-refractivity contribution in [3.8, 4) is 0 Å². The minimum atomic E-state index is -0.831. The molecule has 6 heteroatoms. The van der Waals surface area contributed by atoms with Gasteiger partial charge in [0.1, 0.15) is 11.7 Å². The van der Waals surface area contributed by atoms with E-state index in [1.165, 1.54) is 0 Å². The number of carboxylic acids is 1. The highest BCUT2D eigenvalue weighted by molar-refractivity contribution is 5.72. The summed E-state index contributed by atoms with van der Waals surface area (Å²) in [5.74, 6) is -0.629. The zero-order valence-electron chi connectivity index (χ0n) is 10.8. The van der Waals surface area contributed by atoms with Gasteiger partial charge in [-0.1, -0.05) is 0 Å². The van der Waals surface area contributed by atoms with Crippen molar-refractivity contribution in [2.45, 2.75) is 19.9 Å². The topological polar surface area (TPSA) is 75.6 Å². The van der Waals surface area contributed by atoms with Gasteiger partial charge in [0.2, 0.25) is 0 Å². The minimum absolute atomic E-state index is 0.197. The van der Waals surface area contributed by atoms with Crippen LogP contribution in [-0.2, 0) is 9.53 Å². The average Bonchev–Trinajstić information content (AvgIpc) is 2.80. The molecule has 1 N–H and O–H groups in total. The molecule has 2 heterocycles. The third-order valence-electron chi connectivity index (χ3n) is 3.25. The van der Waals surface area contributed by atoms with E-state index >= 15 is 0 Å². The second kappa shape index (κ2) is 4.89. The predicted molar refractivity (Wildman–Crippen MR) is 65.6 cm³/mol. The Morgan fingerprint density at radius 2 is 2.22 bits per heavy atom. The van der Waals surface area contributed by atoms with E-state index in [1.807, 2.05) is 25.8 Å². The Morgan fingerprint density at radius 3 is 2.89 bits per heavy atom. The number of aromatic nitrogens is 2. The number of aliphatic carboxylic acids is 1. The van der Waals surface area contributed by atoms with Crippen molar-refractivity contribution in [3.05, 3.63) is 17.6 Å². The molecule has 18 heavy (non-hydrogen) atoms. The molecule has 1 aromatic heterocycles. The molecule has 1 saturated heterocycles. The van der Waals surface area contributed by atoms with E-state index in [0.29, 0.717) is 6.61 Å². The third kappa shape index (κ3) is 2.28. The summed E-state index contributed by atoms with van der Waals surface area (Å²) in [6, 6.07) is -0.197. The van der Waals surface area contributed by atoms with E-state index in [1.54, 1.807) is 6.20 Å². The highest BCUT2D eigenvalue weighted by Crippen LogP contribution is 2.24. The van der Waals surface area contributed by atoms with Crippen molar-refractivity contribution >= 4 is 11.8 Å². The molecule has 0 saturated carbocycles. The molecule has 98 valence electrons. The predicted octanol–water partition coefficient (Wildman–Crippen LogP) is 0.629. The minimum Gasteiger partial charge on any atom is -0.481 e. The van der Waals surface area contributed by atoms with E-state index in [0.717, 1.165) is 17.2 Å². The van der Waals surface area contributed by atoms with Gasteiger partial charge in [-0.2, -0.15) is 0 Å². The molecule has 0 radical (unpaired) electrons. The van der Waals surface area contributed by atoms with Crippen LogP contribution in [0.15, 0.2) is 6.20 Å². The molecule has 2 rings (SSSR count). The average molecular weight is 251 g/mol. The smallest absolute Gasteiger partial charge is 0.311 e. The summed E-state index contributed by atoms with van der Waals surface area (Å²) < 4.78 is 5.27. The van der Waals surface area contributed by atoms with Crippen LogP contribution >= 0.6 is 0 Å². The van der Waals surface area contributed by atoms with Gasteiger partial charge in [-0.05, 0) is 13.8 Å². The van der Waals surface area contributed by atoms with Gasteiger partial charge in [0.05, 0.1) is 30.6 Å². The summed E-state index contributed by atoms with van der Waals surface area (Å²) in [6.07, 6.45) is 1.70. The second-order valence-electron chi connectivity index (χ2n) is 4.58. The van der Waals surface area contributed by atoms with E-state index in [4.69, 9.17) is 9.84 Å². The van der Waals surface area contributed by atoms with Crippen LogP contribution in [0.5, 0.6) is 0 Å². The first-order valence-corrected chi connectivity index (χ1v) is 5.84. The number of rotatable bonds is 3. The van der Waals surface area contributed by atoms with Crippen LogP contribution in [0.25, 0.3) is 0 Å². The molecule has 2 unspecified atom stereocenters. The molecule has 0 bridgehead atoms. The van der Waals surface area contributed by atoms with Crippen LogP contribution < -0.4 is 4.90 Å². The van der Waals surface area contributed by atoms with Gasteiger partial charge in [0, 0.05) is 13.2 Å². The molecule has 0 aliphatic carbocycles. The maximum Gasteiger partial charge on any atom is 0.311 e. The quantitative estimate of drug-likeness (QED) is 0.849. The van der Waals surface area contributed by atoms with Gasteiger partial charge in [-0.3, -0.25) is 9.78 Å². The Kier molecular flexibility index (Phi) is 3.47. The van der Waals surface area contributed by atoms with Gasteiger partial charge in [0.15, 0.2) is 0 Å². The Morgan fingerprint density at radius 1 is 1.50 bits per heavy atom. The van der Waals surface area contributed by atoms with Gasteiger partial charge in [0.25, 0.3) is 0 Å². The lowest BCUT2D eigenvalue weighted by molar-refractivity contribution is -0.141. The molecule has 0 spiro atoms. The maximum atomic E-state index is 11.2. The number of likely N-dealkylation sites (N-methyl/N-ethyl adjacent to an activating group) is 1. The van der Waals surface area contributed by atoms with Gasteiger partial charge in [-0.15, -0.1) is 0 Å². The number of ether oxygens (including phenoxy) is 1. The highest BCUT2D eigenvalue weighted by atomic mass is 16.5. The van der Waals surface area contributed by atoms with Crippen LogP contribution in [0.4, 0.5) is 5.82 Å². The molecule has 0 aromatic carbocycles. The van der Waals surface area contributed by atoms with Crippen LogP contribution in [0, 0.1) is 19.8 Å². The number of nitrogens with zero attached hydrogens (tertiary/aromatic N) is 3. The van der Waals surface area contributed by atoms with E-state index in [-0.39, 0.29) is 12.6 Å². The molecular formula is C12H17N3O3. The van der Waals surface area contributed by atoms with Crippen LogP contribution in [0.3, 0.4) is 0 Å². The van der Waals surface area contributed by atoms with Crippen molar-refractivity contribution < 1.29 is 14.6 Å². The second-order valence-corrected chi connectivity index (χ2v) is 4.58. The summed E-state index contributed by atoms with van der Waals surface area (Å²) in [6.45, 7) is 4.39. The molecule has 1 aliphatic rings. The van der Waals surface area contributed by atoms with Crippen molar-refractivity contribution in [1.29, 1.82) is 0 Å². The summed E-state index contributed by atoms with van der Waals surface area (Å²) in [5, 5.41) is 9.16. The van der Waals surface area contributed by atoms with Crippen LogP contribution in [0.1, 0.15) is 11.4 Å². The molecule has 1 aliphatic heterocycles. The van der Waals surface area contributed by atoms with Crippen molar-refractivity contribution in [3.63, 3.8) is 0 Å². The normalized spacial score (nSPS) is 23.1. The number of aryl methyl sites for hydroxylation is 2. The van der Waals surface area contributed by atoms with Gasteiger partial charge >= 0.3 is 5.97 Å². The standard InChI is InChI=1S/C12H17N3O3/c1-7-4-13-8(2)11(14-7)15(3)10-6-18-5-9(10)12(16)17/h4,9-10H,5-6H2,1-3H3,(H,16,17).